The fourth-order valence-corrected chi connectivity index (χ4v) is 2.39. The Hall–Kier alpha value is -1.23. The molecule has 110 valence electrons. The molecule has 20 heavy (non-hydrogen) atoms. The van der Waals surface area contributed by atoms with Gasteiger partial charge in [-0.2, -0.15) is 13.2 Å². The van der Waals surface area contributed by atoms with Crippen molar-refractivity contribution >= 4 is 17.5 Å². The minimum atomic E-state index is -4.38. The third-order valence-electron chi connectivity index (χ3n) is 3.56. The van der Waals surface area contributed by atoms with Crippen molar-refractivity contribution in [2.24, 2.45) is 0 Å². The minimum Gasteiger partial charge on any atom is -0.334 e. The van der Waals surface area contributed by atoms with Gasteiger partial charge in [0.25, 0.3) is 5.91 Å². The Morgan fingerprint density at radius 2 is 1.85 bits per heavy atom. The molecular weight excluding hydrogens is 291 g/mol. The summed E-state index contributed by atoms with van der Waals surface area (Å²) in [5.74, 6) is 0.0761. The molecule has 2 rings (SSSR count). The highest BCUT2D eigenvalue weighted by molar-refractivity contribution is 6.18. The van der Waals surface area contributed by atoms with Crippen LogP contribution in [-0.2, 0) is 6.18 Å². The van der Waals surface area contributed by atoms with Gasteiger partial charge in [-0.1, -0.05) is 0 Å². The molecule has 0 spiro atoms. The van der Waals surface area contributed by atoms with Gasteiger partial charge in [0.1, 0.15) is 0 Å². The maximum absolute atomic E-state index is 12.5. The van der Waals surface area contributed by atoms with Gasteiger partial charge in [-0.05, 0) is 43.5 Å². The van der Waals surface area contributed by atoms with Crippen LogP contribution in [0, 0.1) is 0 Å². The molecule has 0 heterocycles. The number of rotatable bonds is 4. The van der Waals surface area contributed by atoms with E-state index in [0.29, 0.717) is 12.4 Å². The van der Waals surface area contributed by atoms with Gasteiger partial charge in [-0.25, -0.2) is 0 Å². The van der Waals surface area contributed by atoms with Crippen LogP contribution in [0.1, 0.15) is 35.2 Å². The summed E-state index contributed by atoms with van der Waals surface area (Å²) in [6.07, 6.45) is -1.44. The van der Waals surface area contributed by atoms with E-state index in [2.05, 4.69) is 0 Å². The molecule has 0 aromatic heterocycles. The molecule has 0 atom stereocenters. The molecule has 0 saturated heterocycles. The predicted molar refractivity (Wildman–Crippen MR) is 70.8 cm³/mol. The number of nitrogens with zero attached hydrogens (tertiary/aromatic N) is 1. The molecule has 1 aliphatic rings. The molecule has 1 amide bonds. The summed E-state index contributed by atoms with van der Waals surface area (Å²) < 4.78 is 37.4. The Balaban J connectivity index is 2.14. The Bertz CT molecular complexity index is 468. The topological polar surface area (TPSA) is 20.3 Å². The van der Waals surface area contributed by atoms with Crippen molar-refractivity contribution in [1.29, 1.82) is 0 Å². The van der Waals surface area contributed by atoms with Crippen LogP contribution in [-0.4, -0.2) is 29.3 Å². The normalized spacial score (nSPS) is 15.8. The third-order valence-corrected chi connectivity index (χ3v) is 3.73. The lowest BCUT2D eigenvalue weighted by atomic mass is 9.91. The molecule has 1 aromatic rings. The zero-order valence-electron chi connectivity index (χ0n) is 10.8. The van der Waals surface area contributed by atoms with Crippen LogP contribution in [0.4, 0.5) is 13.2 Å². The van der Waals surface area contributed by atoms with E-state index < -0.39 is 11.7 Å². The van der Waals surface area contributed by atoms with E-state index in [1.165, 1.54) is 12.1 Å². The number of hydrogen-bond acceptors (Lipinski definition) is 1. The summed E-state index contributed by atoms with van der Waals surface area (Å²) in [7, 11) is 0. The molecule has 0 N–H and O–H groups in total. The van der Waals surface area contributed by atoms with Gasteiger partial charge in [0.15, 0.2) is 0 Å². The predicted octanol–water partition coefficient (Wildman–Crippen LogP) is 3.94. The Morgan fingerprint density at radius 3 is 2.25 bits per heavy atom. The number of amides is 1. The number of benzene rings is 1. The first-order chi connectivity index (χ1) is 9.43. The third kappa shape index (κ3) is 3.26. The Labute approximate surface area is 120 Å². The Morgan fingerprint density at radius 1 is 1.25 bits per heavy atom. The summed E-state index contributed by atoms with van der Waals surface area (Å²) in [5.41, 5.74) is -0.475. The van der Waals surface area contributed by atoms with Crippen LogP contribution < -0.4 is 0 Å². The van der Waals surface area contributed by atoms with E-state index in [-0.39, 0.29) is 17.5 Å². The average molecular weight is 306 g/mol. The smallest absolute Gasteiger partial charge is 0.334 e. The largest absolute Gasteiger partial charge is 0.416 e. The van der Waals surface area contributed by atoms with Gasteiger partial charge >= 0.3 is 6.18 Å². The van der Waals surface area contributed by atoms with E-state index >= 15 is 0 Å². The zero-order chi connectivity index (χ0) is 14.8. The van der Waals surface area contributed by atoms with Crippen LogP contribution in [0.15, 0.2) is 24.3 Å². The van der Waals surface area contributed by atoms with Crippen molar-refractivity contribution in [2.45, 2.75) is 31.5 Å². The number of halogens is 4. The molecule has 0 unspecified atom stereocenters. The first-order valence-corrected chi connectivity index (χ1v) is 7.01. The summed E-state index contributed by atoms with van der Waals surface area (Å²) in [4.78, 5) is 14.0. The van der Waals surface area contributed by atoms with Crippen molar-refractivity contribution in [3.63, 3.8) is 0 Å². The maximum atomic E-state index is 12.5. The van der Waals surface area contributed by atoms with E-state index in [1.807, 2.05) is 0 Å². The van der Waals surface area contributed by atoms with Crippen LogP contribution in [0.2, 0.25) is 0 Å². The molecule has 0 bridgehead atoms. The van der Waals surface area contributed by atoms with Crippen molar-refractivity contribution < 1.29 is 18.0 Å². The van der Waals surface area contributed by atoms with Crippen molar-refractivity contribution in [3.8, 4) is 0 Å². The lowest BCUT2D eigenvalue weighted by Crippen LogP contribution is -2.45. The lowest BCUT2D eigenvalue weighted by molar-refractivity contribution is -0.137. The fraction of sp³-hybridized carbons (Fsp3) is 0.500. The summed E-state index contributed by atoms with van der Waals surface area (Å²) in [6.45, 7) is 0.423. The van der Waals surface area contributed by atoms with Crippen LogP contribution in [0.25, 0.3) is 0 Å². The molecule has 0 radical (unpaired) electrons. The molecule has 1 aromatic carbocycles. The molecular formula is C14H15ClF3NO. The molecule has 6 heteroatoms. The van der Waals surface area contributed by atoms with E-state index in [9.17, 15) is 18.0 Å². The first-order valence-electron chi connectivity index (χ1n) is 6.47. The first kappa shape index (κ1) is 15.2. The van der Waals surface area contributed by atoms with Crippen LogP contribution in [0.5, 0.6) is 0 Å². The van der Waals surface area contributed by atoms with Gasteiger partial charge in [-0.15, -0.1) is 11.6 Å². The average Bonchev–Trinajstić information content (AvgIpc) is 2.34. The fourth-order valence-electron chi connectivity index (χ4n) is 2.21. The summed E-state index contributed by atoms with van der Waals surface area (Å²) in [5, 5.41) is 0. The zero-order valence-corrected chi connectivity index (χ0v) is 11.5. The van der Waals surface area contributed by atoms with Crippen molar-refractivity contribution in [1.82, 2.24) is 4.90 Å². The number of carbonyl (C=O) groups excluding carboxylic acids is 1. The molecule has 1 fully saturated rings. The van der Waals surface area contributed by atoms with Crippen LogP contribution in [0.3, 0.4) is 0 Å². The second kappa shape index (κ2) is 6.04. The van der Waals surface area contributed by atoms with Gasteiger partial charge in [0.2, 0.25) is 0 Å². The maximum Gasteiger partial charge on any atom is 0.416 e. The molecule has 1 saturated carbocycles. The SMILES string of the molecule is O=C(c1ccc(C(F)(F)F)cc1)N(CCCl)C1CCC1. The van der Waals surface area contributed by atoms with Gasteiger partial charge in [0, 0.05) is 24.0 Å². The highest BCUT2D eigenvalue weighted by Gasteiger charge is 2.32. The van der Waals surface area contributed by atoms with E-state index in [1.54, 1.807) is 4.90 Å². The number of carbonyl (C=O) groups is 1. The lowest BCUT2D eigenvalue weighted by Gasteiger charge is -2.37. The van der Waals surface area contributed by atoms with E-state index in [4.69, 9.17) is 11.6 Å². The highest BCUT2D eigenvalue weighted by atomic mass is 35.5. The molecule has 1 aliphatic carbocycles. The second-order valence-corrected chi connectivity index (χ2v) is 5.23. The molecule has 0 aliphatic heterocycles. The van der Waals surface area contributed by atoms with Crippen molar-refractivity contribution in [2.75, 3.05) is 12.4 Å². The minimum absolute atomic E-state index is 0.170. The number of alkyl halides is 4. The number of hydrogen-bond donors (Lipinski definition) is 0. The van der Waals surface area contributed by atoms with Crippen molar-refractivity contribution in [3.05, 3.63) is 35.4 Å². The second-order valence-electron chi connectivity index (χ2n) is 4.85. The Kier molecular flexibility index (Phi) is 4.58. The summed E-state index contributed by atoms with van der Waals surface area (Å²) >= 11 is 5.70. The van der Waals surface area contributed by atoms with Gasteiger partial charge < -0.3 is 4.90 Å². The molecule has 2 nitrogen and oxygen atoms in total. The summed E-state index contributed by atoms with van der Waals surface area (Å²) in [6, 6.07) is 4.50. The highest BCUT2D eigenvalue weighted by Crippen LogP contribution is 2.30. The quantitative estimate of drug-likeness (QED) is 0.772. The van der Waals surface area contributed by atoms with E-state index in [0.717, 1.165) is 31.4 Å². The monoisotopic (exact) mass is 305 g/mol. The standard InChI is InChI=1S/C14H15ClF3NO/c15-8-9-19(12-2-1-3-12)13(20)10-4-6-11(7-5-10)14(16,17)18/h4-7,12H,1-3,8-9H2. The van der Waals surface area contributed by atoms with Crippen LogP contribution >= 0.6 is 11.6 Å². The van der Waals surface area contributed by atoms with Gasteiger partial charge in [-0.3, -0.25) is 4.79 Å². The van der Waals surface area contributed by atoms with Gasteiger partial charge in [0.05, 0.1) is 5.56 Å².